The highest BCUT2D eigenvalue weighted by atomic mass is 16.2. The molecular formula is C31H64N2O. The molecule has 0 aromatic carbocycles. The molecule has 0 saturated carbocycles. The predicted octanol–water partition coefficient (Wildman–Crippen LogP) is 10.4. The maximum Gasteiger partial charge on any atom is 0.317 e. The van der Waals surface area contributed by atoms with Crippen molar-refractivity contribution in [2.75, 3.05) is 19.6 Å². The standard InChI is InChI=1S/C31H64N2O/c1-4-7-10-13-16-17-18-19-22-25-28-32-31(34)33(29-26-23-20-14-11-8-5-2)30-27-24-21-15-12-9-6-3/h4-30H2,1-3H3,(H,32,34). The summed E-state index contributed by atoms with van der Waals surface area (Å²) in [5, 5.41) is 3.23. The average molecular weight is 481 g/mol. The van der Waals surface area contributed by atoms with Gasteiger partial charge < -0.3 is 10.2 Å². The van der Waals surface area contributed by atoms with Crippen molar-refractivity contribution in [2.45, 2.75) is 175 Å². The molecule has 2 amide bonds. The molecular weight excluding hydrogens is 416 g/mol. The Morgan fingerprint density at radius 3 is 1.09 bits per heavy atom. The summed E-state index contributed by atoms with van der Waals surface area (Å²) in [6.07, 6.45) is 31.7. The van der Waals surface area contributed by atoms with Crippen LogP contribution >= 0.6 is 0 Å². The van der Waals surface area contributed by atoms with Gasteiger partial charge in [-0.25, -0.2) is 4.79 Å². The van der Waals surface area contributed by atoms with E-state index in [1.807, 2.05) is 0 Å². The van der Waals surface area contributed by atoms with Crippen molar-refractivity contribution >= 4 is 6.03 Å². The number of hydrogen-bond donors (Lipinski definition) is 1. The van der Waals surface area contributed by atoms with Crippen LogP contribution in [0.4, 0.5) is 4.79 Å². The lowest BCUT2D eigenvalue weighted by Gasteiger charge is -2.23. The molecule has 204 valence electrons. The van der Waals surface area contributed by atoms with Crippen LogP contribution in [0.15, 0.2) is 0 Å². The van der Waals surface area contributed by atoms with Gasteiger partial charge in [0.2, 0.25) is 0 Å². The first-order valence-electron chi connectivity index (χ1n) is 15.8. The summed E-state index contributed by atoms with van der Waals surface area (Å²) in [7, 11) is 0. The SMILES string of the molecule is CCCCCCCCCCCCNC(=O)N(CCCCCCCCC)CCCCCCCCC. The van der Waals surface area contributed by atoms with E-state index in [4.69, 9.17) is 0 Å². The Morgan fingerprint density at radius 2 is 0.735 bits per heavy atom. The molecule has 0 aromatic rings. The highest BCUT2D eigenvalue weighted by molar-refractivity contribution is 5.74. The predicted molar refractivity (Wildman–Crippen MR) is 153 cm³/mol. The molecule has 0 radical (unpaired) electrons. The van der Waals surface area contributed by atoms with Gasteiger partial charge in [0.05, 0.1) is 0 Å². The highest BCUT2D eigenvalue weighted by Crippen LogP contribution is 2.12. The fourth-order valence-corrected chi connectivity index (χ4v) is 4.75. The maximum atomic E-state index is 12.8. The fourth-order valence-electron chi connectivity index (χ4n) is 4.75. The Kier molecular flexibility index (Phi) is 27.9. The van der Waals surface area contributed by atoms with Gasteiger partial charge in [-0.1, -0.05) is 156 Å². The second-order valence-corrected chi connectivity index (χ2v) is 10.6. The molecule has 0 atom stereocenters. The van der Waals surface area contributed by atoms with Crippen LogP contribution in [-0.2, 0) is 0 Å². The average Bonchev–Trinajstić information content (AvgIpc) is 2.84. The molecule has 0 bridgehead atoms. The minimum Gasteiger partial charge on any atom is -0.338 e. The number of carbonyl (C=O) groups is 1. The zero-order valence-corrected chi connectivity index (χ0v) is 23.9. The van der Waals surface area contributed by atoms with Crippen LogP contribution in [0.3, 0.4) is 0 Å². The monoisotopic (exact) mass is 481 g/mol. The van der Waals surface area contributed by atoms with E-state index in [9.17, 15) is 4.79 Å². The number of urea groups is 1. The normalized spacial score (nSPS) is 11.1. The van der Waals surface area contributed by atoms with E-state index in [0.29, 0.717) is 0 Å². The minimum absolute atomic E-state index is 0.188. The third kappa shape index (κ3) is 24.4. The molecule has 3 heteroatoms. The largest absolute Gasteiger partial charge is 0.338 e. The van der Waals surface area contributed by atoms with E-state index >= 15 is 0 Å². The zero-order valence-electron chi connectivity index (χ0n) is 23.9. The quantitative estimate of drug-likeness (QED) is 0.116. The number of amides is 2. The highest BCUT2D eigenvalue weighted by Gasteiger charge is 2.12. The van der Waals surface area contributed by atoms with Gasteiger partial charge in [-0.15, -0.1) is 0 Å². The Balaban J connectivity index is 3.97. The maximum absolute atomic E-state index is 12.8. The Morgan fingerprint density at radius 1 is 0.441 bits per heavy atom. The smallest absolute Gasteiger partial charge is 0.317 e. The lowest BCUT2D eigenvalue weighted by molar-refractivity contribution is 0.195. The van der Waals surface area contributed by atoms with Crippen LogP contribution in [0.25, 0.3) is 0 Å². The molecule has 34 heavy (non-hydrogen) atoms. The number of unbranched alkanes of at least 4 members (excludes halogenated alkanes) is 21. The summed E-state index contributed by atoms with van der Waals surface area (Å²) in [6.45, 7) is 9.55. The molecule has 1 N–H and O–H groups in total. The van der Waals surface area contributed by atoms with Gasteiger partial charge in [0.1, 0.15) is 0 Å². The van der Waals surface area contributed by atoms with Gasteiger partial charge in [-0.3, -0.25) is 0 Å². The summed E-state index contributed by atoms with van der Waals surface area (Å²) in [5.41, 5.74) is 0. The number of nitrogens with one attached hydrogen (secondary N) is 1. The second kappa shape index (κ2) is 28.5. The lowest BCUT2D eigenvalue weighted by Crippen LogP contribution is -2.41. The third-order valence-electron chi connectivity index (χ3n) is 7.16. The van der Waals surface area contributed by atoms with E-state index in [1.165, 1.54) is 135 Å². The Bertz CT molecular complexity index is 381. The zero-order chi connectivity index (χ0) is 25.0. The van der Waals surface area contributed by atoms with Crippen molar-refractivity contribution in [2.24, 2.45) is 0 Å². The van der Waals surface area contributed by atoms with Gasteiger partial charge in [-0.05, 0) is 19.3 Å². The van der Waals surface area contributed by atoms with E-state index in [0.717, 1.165) is 38.9 Å². The molecule has 0 aliphatic heterocycles. The topological polar surface area (TPSA) is 32.3 Å². The molecule has 0 aliphatic rings. The van der Waals surface area contributed by atoms with Gasteiger partial charge in [0.25, 0.3) is 0 Å². The first-order chi connectivity index (χ1) is 16.8. The second-order valence-electron chi connectivity index (χ2n) is 10.6. The van der Waals surface area contributed by atoms with E-state index in [-0.39, 0.29) is 6.03 Å². The number of hydrogen-bond acceptors (Lipinski definition) is 1. The molecule has 0 rings (SSSR count). The van der Waals surface area contributed by atoms with E-state index in [1.54, 1.807) is 0 Å². The summed E-state index contributed by atoms with van der Waals surface area (Å²) >= 11 is 0. The number of nitrogens with zero attached hydrogens (tertiary/aromatic N) is 1. The molecule has 0 fully saturated rings. The van der Waals surface area contributed by atoms with Crippen molar-refractivity contribution in [3.8, 4) is 0 Å². The van der Waals surface area contributed by atoms with Crippen molar-refractivity contribution in [3.05, 3.63) is 0 Å². The molecule has 0 heterocycles. The van der Waals surface area contributed by atoms with Gasteiger partial charge >= 0.3 is 6.03 Å². The summed E-state index contributed by atoms with van der Waals surface area (Å²) in [5.74, 6) is 0. The van der Waals surface area contributed by atoms with Crippen LogP contribution in [0.5, 0.6) is 0 Å². The fraction of sp³-hybridized carbons (Fsp3) is 0.968. The van der Waals surface area contributed by atoms with Crippen LogP contribution in [-0.4, -0.2) is 30.6 Å². The summed E-state index contributed by atoms with van der Waals surface area (Å²) in [6, 6.07) is 0.188. The number of rotatable bonds is 27. The molecule has 0 saturated heterocycles. The van der Waals surface area contributed by atoms with Crippen LogP contribution < -0.4 is 5.32 Å². The van der Waals surface area contributed by atoms with E-state index < -0.39 is 0 Å². The molecule has 0 aromatic heterocycles. The summed E-state index contributed by atoms with van der Waals surface area (Å²) < 4.78 is 0. The van der Waals surface area contributed by atoms with Crippen molar-refractivity contribution in [1.82, 2.24) is 10.2 Å². The Hall–Kier alpha value is -0.730. The number of carbonyl (C=O) groups excluding carboxylic acids is 1. The van der Waals surface area contributed by atoms with Crippen LogP contribution in [0.1, 0.15) is 175 Å². The van der Waals surface area contributed by atoms with Gasteiger partial charge in [-0.2, -0.15) is 0 Å². The van der Waals surface area contributed by atoms with Gasteiger partial charge in [0.15, 0.2) is 0 Å². The van der Waals surface area contributed by atoms with Crippen molar-refractivity contribution < 1.29 is 4.79 Å². The van der Waals surface area contributed by atoms with Crippen LogP contribution in [0.2, 0.25) is 0 Å². The molecule has 3 nitrogen and oxygen atoms in total. The summed E-state index contributed by atoms with van der Waals surface area (Å²) in [4.78, 5) is 14.9. The first-order valence-corrected chi connectivity index (χ1v) is 15.8. The molecule has 0 spiro atoms. The Labute approximate surface area is 215 Å². The van der Waals surface area contributed by atoms with Crippen molar-refractivity contribution in [1.29, 1.82) is 0 Å². The lowest BCUT2D eigenvalue weighted by atomic mass is 10.1. The van der Waals surface area contributed by atoms with Crippen molar-refractivity contribution in [3.63, 3.8) is 0 Å². The van der Waals surface area contributed by atoms with E-state index in [2.05, 4.69) is 31.0 Å². The molecule has 0 aliphatic carbocycles. The third-order valence-corrected chi connectivity index (χ3v) is 7.16. The minimum atomic E-state index is 0.188. The van der Waals surface area contributed by atoms with Gasteiger partial charge in [0, 0.05) is 19.6 Å². The first kappa shape index (κ1) is 33.3. The van der Waals surface area contributed by atoms with Crippen LogP contribution in [0, 0.1) is 0 Å². The molecule has 0 unspecified atom stereocenters.